The monoisotopic (exact) mass is 449 g/mol. The molecule has 2 rings (SSSR count). The molecule has 0 radical (unpaired) electrons. The minimum atomic E-state index is -0.795. The molecule has 1 aromatic heterocycles. The van der Waals surface area contributed by atoms with Crippen LogP contribution in [-0.2, 0) is 16.1 Å². The highest BCUT2D eigenvalue weighted by Crippen LogP contribution is 2.23. The van der Waals surface area contributed by atoms with Crippen LogP contribution in [0, 0.1) is 17.0 Å². The largest absolute Gasteiger partial charge is 0.484 e. The number of aryl methyl sites for hydroxylation is 1. The lowest BCUT2D eigenvalue weighted by Crippen LogP contribution is -2.44. The molecule has 0 aliphatic carbocycles. The van der Waals surface area contributed by atoms with E-state index in [9.17, 15) is 24.5 Å². The number of amides is 1. The van der Waals surface area contributed by atoms with Crippen LogP contribution in [0.1, 0.15) is 25.3 Å². The fourth-order valence-electron chi connectivity index (χ4n) is 3.07. The first kappa shape index (κ1) is 24.6. The quantitative estimate of drug-likeness (QED) is 0.382. The highest BCUT2D eigenvalue weighted by atomic mass is 16.6. The number of benzene rings is 1. The maximum Gasteiger partial charge on any atom is 0.330 e. The van der Waals surface area contributed by atoms with Gasteiger partial charge in [0.05, 0.1) is 11.5 Å². The topological polar surface area (TPSA) is 163 Å². The lowest BCUT2D eigenvalue weighted by Gasteiger charge is -2.24. The number of nitrogen functional groups attached to an aromatic ring is 1. The van der Waals surface area contributed by atoms with Crippen molar-refractivity contribution in [2.45, 2.75) is 33.2 Å². The Morgan fingerprint density at radius 3 is 2.66 bits per heavy atom. The van der Waals surface area contributed by atoms with Crippen LogP contribution in [0.4, 0.5) is 17.2 Å². The van der Waals surface area contributed by atoms with Gasteiger partial charge in [0.25, 0.3) is 17.2 Å². The molecule has 174 valence electrons. The summed E-state index contributed by atoms with van der Waals surface area (Å²) in [7, 11) is 1.44. The number of H-pyrrole nitrogens is 1. The van der Waals surface area contributed by atoms with Gasteiger partial charge in [-0.2, -0.15) is 0 Å². The van der Waals surface area contributed by atoms with E-state index in [0.717, 1.165) is 11.3 Å². The standard InChI is InChI=1S/C20H27N5O7/c1-4-5-8-24-18(21)17(19(27)22-20(24)28)23(9-10-31-3)16(26)12-32-14-6-7-15(25(29)30)13(2)11-14/h6-7,11H,4-5,8-10,12,21H2,1-3H3,(H,22,27,28). The Kier molecular flexibility index (Phi) is 8.53. The van der Waals surface area contributed by atoms with Crippen molar-refractivity contribution < 1.29 is 19.2 Å². The van der Waals surface area contributed by atoms with Crippen molar-refractivity contribution >= 4 is 23.1 Å². The van der Waals surface area contributed by atoms with Crippen LogP contribution in [0.3, 0.4) is 0 Å². The summed E-state index contributed by atoms with van der Waals surface area (Å²) in [6.45, 7) is 3.42. The summed E-state index contributed by atoms with van der Waals surface area (Å²) < 4.78 is 11.7. The minimum absolute atomic E-state index is 0.00273. The first-order valence-corrected chi connectivity index (χ1v) is 10.0. The SMILES string of the molecule is CCCCn1c(N)c(N(CCOC)C(=O)COc2ccc([N+](=O)[O-])c(C)c2)c(=O)[nH]c1=O. The maximum absolute atomic E-state index is 12.9. The van der Waals surface area contributed by atoms with E-state index in [2.05, 4.69) is 4.98 Å². The zero-order chi connectivity index (χ0) is 23.8. The predicted molar refractivity (Wildman–Crippen MR) is 118 cm³/mol. The summed E-state index contributed by atoms with van der Waals surface area (Å²) in [6, 6.07) is 4.10. The van der Waals surface area contributed by atoms with E-state index in [-0.39, 0.29) is 42.6 Å². The predicted octanol–water partition coefficient (Wildman–Crippen LogP) is 1.19. The van der Waals surface area contributed by atoms with Crippen molar-refractivity contribution in [3.63, 3.8) is 0 Å². The molecule has 0 atom stereocenters. The zero-order valence-corrected chi connectivity index (χ0v) is 18.3. The lowest BCUT2D eigenvalue weighted by atomic mass is 10.2. The number of carbonyl (C=O) groups is 1. The molecule has 2 aromatic rings. The van der Waals surface area contributed by atoms with Gasteiger partial charge >= 0.3 is 5.69 Å². The fraction of sp³-hybridized carbons (Fsp3) is 0.450. The number of nitro benzene ring substituents is 1. The molecule has 0 aliphatic heterocycles. The van der Waals surface area contributed by atoms with E-state index in [1.807, 2.05) is 6.92 Å². The average molecular weight is 449 g/mol. The van der Waals surface area contributed by atoms with Crippen molar-refractivity contribution in [1.29, 1.82) is 0 Å². The molecular formula is C20H27N5O7. The van der Waals surface area contributed by atoms with Crippen LogP contribution < -0.4 is 26.6 Å². The molecule has 0 aliphatic rings. The summed E-state index contributed by atoms with van der Waals surface area (Å²) in [4.78, 5) is 51.4. The van der Waals surface area contributed by atoms with Gasteiger partial charge in [-0.1, -0.05) is 13.3 Å². The van der Waals surface area contributed by atoms with Crippen LogP contribution >= 0.6 is 0 Å². The van der Waals surface area contributed by atoms with Crippen LogP contribution in [0.15, 0.2) is 27.8 Å². The number of nitrogens with zero attached hydrogens (tertiary/aromatic N) is 3. The second-order valence-corrected chi connectivity index (χ2v) is 7.03. The molecule has 0 unspecified atom stereocenters. The third-order valence-corrected chi connectivity index (χ3v) is 4.77. The number of anilines is 2. The number of rotatable bonds is 11. The van der Waals surface area contributed by atoms with Crippen molar-refractivity contribution in [1.82, 2.24) is 9.55 Å². The third kappa shape index (κ3) is 5.72. The number of hydrogen-bond donors (Lipinski definition) is 2. The van der Waals surface area contributed by atoms with E-state index in [1.165, 1.54) is 29.9 Å². The molecule has 1 amide bonds. The molecule has 1 aromatic carbocycles. The smallest absolute Gasteiger partial charge is 0.330 e. The second-order valence-electron chi connectivity index (χ2n) is 7.03. The average Bonchev–Trinajstić information content (AvgIpc) is 2.73. The first-order valence-electron chi connectivity index (χ1n) is 10.0. The molecule has 12 nitrogen and oxygen atoms in total. The van der Waals surface area contributed by atoms with E-state index >= 15 is 0 Å². The molecule has 0 spiro atoms. The van der Waals surface area contributed by atoms with Gasteiger partial charge in [0.1, 0.15) is 11.6 Å². The maximum atomic E-state index is 12.9. The molecule has 1 heterocycles. The summed E-state index contributed by atoms with van der Waals surface area (Å²) in [5.74, 6) is -0.471. The Morgan fingerprint density at radius 1 is 1.34 bits per heavy atom. The highest BCUT2D eigenvalue weighted by Gasteiger charge is 2.24. The molecule has 0 saturated carbocycles. The van der Waals surface area contributed by atoms with Crippen molar-refractivity contribution in [2.75, 3.05) is 37.5 Å². The molecule has 3 N–H and O–H groups in total. The van der Waals surface area contributed by atoms with Gasteiger partial charge in [-0.15, -0.1) is 0 Å². The number of ether oxygens (including phenoxy) is 2. The summed E-state index contributed by atoms with van der Waals surface area (Å²) >= 11 is 0. The minimum Gasteiger partial charge on any atom is -0.484 e. The molecule has 0 bridgehead atoms. The van der Waals surface area contributed by atoms with E-state index in [1.54, 1.807) is 6.92 Å². The molecular weight excluding hydrogens is 422 g/mol. The number of aromatic amines is 1. The fourth-order valence-corrected chi connectivity index (χ4v) is 3.07. The number of nitrogens with one attached hydrogen (secondary N) is 1. The highest BCUT2D eigenvalue weighted by molar-refractivity contribution is 5.96. The van der Waals surface area contributed by atoms with E-state index in [0.29, 0.717) is 12.0 Å². The first-order chi connectivity index (χ1) is 15.2. The van der Waals surface area contributed by atoms with Gasteiger partial charge < -0.3 is 15.2 Å². The zero-order valence-electron chi connectivity index (χ0n) is 18.3. The van der Waals surface area contributed by atoms with Crippen molar-refractivity contribution in [3.8, 4) is 5.75 Å². The van der Waals surface area contributed by atoms with Crippen LogP contribution in [0.2, 0.25) is 0 Å². The lowest BCUT2D eigenvalue weighted by molar-refractivity contribution is -0.385. The Labute approximate surface area is 183 Å². The summed E-state index contributed by atoms with van der Waals surface area (Å²) in [6.07, 6.45) is 1.46. The Morgan fingerprint density at radius 2 is 2.06 bits per heavy atom. The molecule has 0 fully saturated rings. The number of hydrogen-bond acceptors (Lipinski definition) is 8. The second kappa shape index (κ2) is 11.1. The number of methoxy groups -OCH3 is 1. The van der Waals surface area contributed by atoms with Crippen LogP contribution in [0.5, 0.6) is 5.75 Å². The van der Waals surface area contributed by atoms with Crippen LogP contribution in [-0.4, -0.2) is 47.2 Å². The van der Waals surface area contributed by atoms with Crippen molar-refractivity contribution in [3.05, 3.63) is 54.7 Å². The van der Waals surface area contributed by atoms with Gasteiger partial charge in [0.15, 0.2) is 12.3 Å². The van der Waals surface area contributed by atoms with E-state index < -0.39 is 28.7 Å². The van der Waals surface area contributed by atoms with Crippen LogP contribution in [0.25, 0.3) is 0 Å². The third-order valence-electron chi connectivity index (χ3n) is 4.77. The normalized spacial score (nSPS) is 10.7. The Balaban J connectivity index is 2.33. The summed E-state index contributed by atoms with van der Waals surface area (Å²) in [5.41, 5.74) is 4.81. The van der Waals surface area contributed by atoms with Gasteiger partial charge in [0, 0.05) is 31.8 Å². The van der Waals surface area contributed by atoms with Gasteiger partial charge in [-0.05, 0) is 25.5 Å². The van der Waals surface area contributed by atoms with E-state index in [4.69, 9.17) is 15.2 Å². The number of nitrogens with two attached hydrogens (primary N) is 1. The number of nitro groups is 1. The Hall–Kier alpha value is -3.67. The molecule has 12 heteroatoms. The van der Waals surface area contributed by atoms with Gasteiger partial charge in [-0.25, -0.2) is 4.79 Å². The number of carbonyl (C=O) groups excluding carboxylic acids is 1. The summed E-state index contributed by atoms with van der Waals surface area (Å²) in [5, 5.41) is 11.0. The number of unbranched alkanes of at least 4 members (excludes halogenated alkanes) is 1. The number of aromatic nitrogens is 2. The Bertz CT molecular complexity index is 1090. The molecule has 0 saturated heterocycles. The van der Waals surface area contributed by atoms with Gasteiger partial charge in [0.2, 0.25) is 0 Å². The van der Waals surface area contributed by atoms with Gasteiger partial charge in [-0.3, -0.25) is 34.2 Å². The van der Waals surface area contributed by atoms with Crippen molar-refractivity contribution in [2.24, 2.45) is 0 Å². The molecule has 32 heavy (non-hydrogen) atoms.